The summed E-state index contributed by atoms with van der Waals surface area (Å²) in [5, 5.41) is 27.4. The summed E-state index contributed by atoms with van der Waals surface area (Å²) < 4.78 is 30.7. The van der Waals surface area contributed by atoms with Crippen LogP contribution in [0.1, 0.15) is 68.9 Å². The highest BCUT2D eigenvalue weighted by atomic mass is 32.2. The summed E-state index contributed by atoms with van der Waals surface area (Å²) in [7, 11) is 3.57. The first-order valence-electron chi connectivity index (χ1n) is 18.7. The smallest absolute Gasteiger partial charge is 0.333 e. The van der Waals surface area contributed by atoms with Crippen LogP contribution >= 0.6 is 11.8 Å². The van der Waals surface area contributed by atoms with Crippen molar-refractivity contribution in [2.75, 3.05) is 39.9 Å². The second-order valence-electron chi connectivity index (χ2n) is 15.4. The molecule has 0 amide bonds. The number of phenolic OH excluding ortho intramolecular Hbond substituents is 1. The van der Waals surface area contributed by atoms with E-state index >= 15 is 0 Å². The highest BCUT2D eigenvalue weighted by molar-refractivity contribution is 7.99. The molecule has 8 heterocycles. The van der Waals surface area contributed by atoms with Crippen molar-refractivity contribution in [1.29, 1.82) is 5.26 Å². The van der Waals surface area contributed by atoms with Crippen LogP contribution in [0.2, 0.25) is 0 Å². The van der Waals surface area contributed by atoms with Crippen molar-refractivity contribution in [1.82, 2.24) is 20.1 Å². The predicted molar refractivity (Wildman–Crippen MR) is 202 cm³/mol. The van der Waals surface area contributed by atoms with Gasteiger partial charge in [0.15, 0.2) is 28.5 Å². The van der Waals surface area contributed by atoms with E-state index < -0.39 is 46.9 Å². The van der Waals surface area contributed by atoms with E-state index in [2.05, 4.69) is 38.3 Å². The summed E-state index contributed by atoms with van der Waals surface area (Å²) in [4.78, 5) is 35.8. The summed E-state index contributed by atoms with van der Waals surface area (Å²) in [5.74, 6) is 1.15. The van der Waals surface area contributed by atoms with Gasteiger partial charge in [0.1, 0.15) is 18.4 Å². The number of para-hydroxylation sites is 1. The Labute approximate surface area is 321 Å². The van der Waals surface area contributed by atoms with Crippen molar-refractivity contribution in [2.45, 2.75) is 74.6 Å². The number of fused-ring (bicyclic) bond motifs is 11. The number of aryl methyl sites for hydroxylation is 1. The molecule has 1 aromatic heterocycles. The normalized spacial score (nSPS) is 29.1. The topological polar surface area (TPSA) is 159 Å². The molecule has 4 aromatic rings. The average Bonchev–Trinajstić information content (AvgIpc) is 3.81. The van der Waals surface area contributed by atoms with Gasteiger partial charge in [0.25, 0.3) is 0 Å². The van der Waals surface area contributed by atoms with Gasteiger partial charge in [-0.05, 0) is 56.5 Å². The Balaban J connectivity index is 1.25. The molecule has 13 nitrogen and oxygen atoms in total. The quantitative estimate of drug-likeness (QED) is 0.190. The summed E-state index contributed by atoms with van der Waals surface area (Å²) >= 11 is 1.56. The zero-order chi connectivity index (χ0) is 38.1. The number of hydrogen-bond acceptors (Lipinski definition) is 13. The second kappa shape index (κ2) is 12.3. The fourth-order valence-electron chi connectivity index (χ4n) is 10.6. The van der Waals surface area contributed by atoms with Crippen molar-refractivity contribution < 1.29 is 38.4 Å². The molecule has 7 aliphatic heterocycles. The lowest BCUT2D eigenvalue weighted by molar-refractivity contribution is -0.157. The number of piperazine rings is 1. The lowest BCUT2D eigenvalue weighted by Gasteiger charge is -2.62. The van der Waals surface area contributed by atoms with Crippen LogP contribution in [-0.2, 0) is 32.7 Å². The molecule has 2 fully saturated rings. The average molecular weight is 764 g/mol. The molecule has 3 aromatic carbocycles. The Bertz CT molecular complexity index is 2390. The molecule has 284 valence electrons. The van der Waals surface area contributed by atoms with Gasteiger partial charge in [-0.1, -0.05) is 24.3 Å². The molecular weight excluding hydrogens is 723 g/mol. The van der Waals surface area contributed by atoms with Crippen LogP contribution in [0, 0.1) is 25.2 Å². The molecule has 4 bridgehead atoms. The minimum atomic E-state index is -1.24. The number of hydrogen-bond donors (Lipinski definition) is 3. The molecule has 1 spiro atoms. The number of phenols is 1. The SMILES string of the molecule is COc1c(C)cc2c(c1O)C1C3[C@@H]4SC[C@]5(NCCc6c5[nH]c5ccccc65)C(=O)OC[C@@H](c5c6c(c(C)c(OC(C)=O)c54)OCO6)N3[C@@H](C#N)C(C2)N1C. The molecule has 55 heavy (non-hydrogen) atoms. The van der Waals surface area contributed by atoms with Crippen LogP contribution in [0.4, 0.5) is 0 Å². The number of rotatable bonds is 2. The number of ether oxygens (including phenoxy) is 5. The molecule has 3 unspecified atom stereocenters. The number of aromatic amines is 1. The Morgan fingerprint density at radius 1 is 1.13 bits per heavy atom. The molecule has 2 saturated heterocycles. The van der Waals surface area contributed by atoms with E-state index in [-0.39, 0.29) is 30.9 Å². The number of H-pyrrole nitrogens is 1. The maximum atomic E-state index is 14.8. The zero-order valence-corrected chi connectivity index (χ0v) is 32.0. The maximum Gasteiger partial charge on any atom is 0.333 e. The van der Waals surface area contributed by atoms with Crippen molar-refractivity contribution in [3.63, 3.8) is 0 Å². The molecule has 0 radical (unpaired) electrons. The van der Waals surface area contributed by atoms with Crippen molar-refractivity contribution in [3.8, 4) is 34.8 Å². The van der Waals surface area contributed by atoms with Gasteiger partial charge in [-0.15, -0.1) is 11.8 Å². The van der Waals surface area contributed by atoms with E-state index in [9.17, 15) is 20.0 Å². The number of nitrogens with zero attached hydrogens (tertiary/aromatic N) is 3. The monoisotopic (exact) mass is 763 g/mol. The molecular formula is C41H41N5O8S. The number of benzene rings is 3. The number of nitriles is 1. The zero-order valence-electron chi connectivity index (χ0n) is 31.1. The van der Waals surface area contributed by atoms with E-state index in [4.69, 9.17) is 23.7 Å². The van der Waals surface area contributed by atoms with E-state index in [1.54, 1.807) is 18.9 Å². The first-order chi connectivity index (χ1) is 26.6. The molecule has 7 aliphatic rings. The Morgan fingerprint density at radius 2 is 1.93 bits per heavy atom. The fourth-order valence-corrected chi connectivity index (χ4v) is 12.3. The second-order valence-corrected chi connectivity index (χ2v) is 16.6. The van der Waals surface area contributed by atoms with Gasteiger partial charge in [-0.3, -0.25) is 19.9 Å². The molecule has 11 rings (SSSR count). The number of esters is 2. The summed E-state index contributed by atoms with van der Waals surface area (Å²) in [6, 6.07) is 10.3. The van der Waals surface area contributed by atoms with Gasteiger partial charge in [-0.25, -0.2) is 4.79 Å². The number of carbonyl (C=O) groups excluding carboxylic acids is 2. The third kappa shape index (κ3) is 4.58. The molecule has 0 aliphatic carbocycles. The molecule has 7 atom stereocenters. The highest BCUT2D eigenvalue weighted by Crippen LogP contribution is 2.64. The summed E-state index contributed by atoms with van der Waals surface area (Å²) in [6.45, 7) is 5.56. The number of nitrogens with one attached hydrogen (secondary N) is 2. The largest absolute Gasteiger partial charge is 0.504 e. The van der Waals surface area contributed by atoms with Gasteiger partial charge in [0.05, 0.1) is 36.2 Å². The number of carbonyl (C=O) groups is 2. The fraction of sp³-hybridized carbons (Fsp3) is 0.439. The van der Waals surface area contributed by atoms with Gasteiger partial charge < -0.3 is 33.8 Å². The van der Waals surface area contributed by atoms with Crippen LogP contribution in [0.15, 0.2) is 30.3 Å². The standard InChI is InChI=1S/C41H41N5O8S/c1-18-12-21-13-25-26(14-42)46-27-15-51-40(49)41(39-23(10-11-43-41)22-8-6-7-9-24(22)44-39)16-55-38(32(46)31(45(25)4)28(21)33(48)34(18)50-5)30-29(27)37-36(52-17-53-37)19(2)35(30)54-20(3)47/h6-9,12,25-27,31-32,38,43-44,48H,10-11,13,15-17H2,1-5H3/t25?,26-,27-,31?,32?,38+,41+/m0/s1. The van der Waals surface area contributed by atoms with Crippen LogP contribution < -0.4 is 24.3 Å². The summed E-state index contributed by atoms with van der Waals surface area (Å²) in [6.07, 6.45) is 1.25. The maximum absolute atomic E-state index is 14.8. The Morgan fingerprint density at radius 3 is 2.71 bits per heavy atom. The first-order valence-corrected chi connectivity index (χ1v) is 19.7. The van der Waals surface area contributed by atoms with Crippen molar-refractivity contribution >= 4 is 34.6 Å². The number of likely N-dealkylation sites (N-methyl/N-ethyl adjacent to an activating group) is 1. The van der Waals surface area contributed by atoms with E-state index in [0.717, 1.165) is 50.8 Å². The third-order valence-electron chi connectivity index (χ3n) is 12.8. The van der Waals surface area contributed by atoms with E-state index in [0.29, 0.717) is 47.1 Å². The van der Waals surface area contributed by atoms with E-state index in [1.165, 1.54) is 6.92 Å². The van der Waals surface area contributed by atoms with Crippen molar-refractivity contribution in [2.24, 2.45) is 0 Å². The molecule has 0 saturated carbocycles. The van der Waals surface area contributed by atoms with Crippen LogP contribution in [-0.4, -0.2) is 89.8 Å². The highest BCUT2D eigenvalue weighted by Gasteiger charge is 2.62. The lowest BCUT2D eigenvalue weighted by atomic mass is 9.71. The van der Waals surface area contributed by atoms with Crippen LogP contribution in [0.3, 0.4) is 0 Å². The van der Waals surface area contributed by atoms with Gasteiger partial charge in [0.2, 0.25) is 6.79 Å². The van der Waals surface area contributed by atoms with Gasteiger partial charge in [0, 0.05) is 64.5 Å². The van der Waals surface area contributed by atoms with Gasteiger partial charge >= 0.3 is 11.9 Å². The number of aromatic nitrogens is 1. The third-order valence-corrected chi connectivity index (χ3v) is 14.3. The van der Waals surface area contributed by atoms with Crippen LogP contribution in [0.5, 0.6) is 28.7 Å². The molecule has 14 heteroatoms. The van der Waals surface area contributed by atoms with E-state index in [1.807, 2.05) is 39.1 Å². The lowest BCUT2D eigenvalue weighted by Crippen LogP contribution is -2.69. The minimum absolute atomic E-state index is 0.0356. The minimum Gasteiger partial charge on any atom is -0.504 e. The number of thioether (sulfide) groups is 1. The number of aromatic hydroxyl groups is 1. The van der Waals surface area contributed by atoms with Crippen LogP contribution in [0.25, 0.3) is 10.9 Å². The van der Waals surface area contributed by atoms with Gasteiger partial charge in [-0.2, -0.15) is 5.26 Å². The summed E-state index contributed by atoms with van der Waals surface area (Å²) in [5.41, 5.74) is 6.13. The van der Waals surface area contributed by atoms with Crippen molar-refractivity contribution in [3.05, 3.63) is 75.0 Å². The Kier molecular flexibility index (Phi) is 7.71. The predicted octanol–water partition coefficient (Wildman–Crippen LogP) is 4.75. The first kappa shape index (κ1) is 34.5. The molecule has 3 N–H and O–H groups in total. The Hall–Kier alpha value is -4.94. The number of methoxy groups -OCH3 is 1.